The van der Waals surface area contributed by atoms with E-state index in [9.17, 15) is 5.11 Å². The minimum atomic E-state index is -0.0450. The highest BCUT2D eigenvalue weighted by atomic mass is 16.3. The van der Waals surface area contributed by atoms with Gasteiger partial charge in [0.2, 0.25) is 17.8 Å². The van der Waals surface area contributed by atoms with E-state index < -0.39 is 0 Å². The molecule has 0 aliphatic heterocycles. The molecule has 0 fully saturated rings. The van der Waals surface area contributed by atoms with Crippen LogP contribution < -0.4 is 15.5 Å². The molecule has 1 atom stereocenters. The first-order valence-corrected chi connectivity index (χ1v) is 6.65. The average Bonchev–Trinajstić information content (AvgIpc) is 2.42. The number of anilines is 3. The largest absolute Gasteiger partial charge is 0.394 e. The summed E-state index contributed by atoms with van der Waals surface area (Å²) in [4.78, 5) is 14.8. The van der Waals surface area contributed by atoms with Gasteiger partial charge >= 0.3 is 0 Å². The van der Waals surface area contributed by atoms with Gasteiger partial charge in [0.25, 0.3) is 0 Å². The topological polar surface area (TPSA) is 86.2 Å². The molecule has 7 nitrogen and oxygen atoms in total. The molecule has 1 aromatic rings. The van der Waals surface area contributed by atoms with Crippen molar-refractivity contribution in [2.75, 3.05) is 42.8 Å². The zero-order valence-corrected chi connectivity index (χ0v) is 12.1. The molecule has 1 unspecified atom stereocenters. The van der Waals surface area contributed by atoms with Crippen molar-refractivity contribution in [1.82, 2.24) is 15.0 Å². The first-order chi connectivity index (χ1) is 9.10. The summed E-state index contributed by atoms with van der Waals surface area (Å²) < 4.78 is 0. The Morgan fingerprint density at radius 1 is 1.16 bits per heavy atom. The predicted molar refractivity (Wildman–Crippen MR) is 77.7 cm³/mol. The van der Waals surface area contributed by atoms with Gasteiger partial charge in [-0.05, 0) is 12.8 Å². The molecule has 7 heteroatoms. The van der Waals surface area contributed by atoms with Gasteiger partial charge in [-0.25, -0.2) is 0 Å². The molecule has 1 rings (SSSR count). The van der Waals surface area contributed by atoms with E-state index in [2.05, 4.69) is 32.5 Å². The fourth-order valence-electron chi connectivity index (χ4n) is 1.40. The van der Waals surface area contributed by atoms with Crippen LogP contribution in [0.4, 0.5) is 17.8 Å². The average molecular weight is 268 g/mol. The van der Waals surface area contributed by atoms with Crippen LogP contribution in [-0.2, 0) is 0 Å². The molecule has 3 N–H and O–H groups in total. The first kappa shape index (κ1) is 15.4. The molecule has 0 aromatic carbocycles. The molecule has 0 aliphatic carbocycles. The van der Waals surface area contributed by atoms with Crippen LogP contribution in [0.2, 0.25) is 0 Å². The molecule has 1 aromatic heterocycles. The molecule has 0 radical (unpaired) electrons. The second kappa shape index (κ2) is 7.73. The summed E-state index contributed by atoms with van der Waals surface area (Å²) >= 11 is 0. The third kappa shape index (κ3) is 4.86. The lowest BCUT2D eigenvalue weighted by Gasteiger charge is -2.17. The summed E-state index contributed by atoms with van der Waals surface area (Å²) in [5.74, 6) is 1.62. The maximum atomic E-state index is 9.22. The molecule has 108 valence electrons. The van der Waals surface area contributed by atoms with Gasteiger partial charge in [0.05, 0.1) is 12.6 Å². The molecule has 1 heterocycles. The molecule has 19 heavy (non-hydrogen) atoms. The molecule has 0 amide bonds. The van der Waals surface area contributed by atoms with E-state index in [1.165, 1.54) is 0 Å². The Balaban J connectivity index is 2.91. The number of nitrogens with zero attached hydrogens (tertiary/aromatic N) is 4. The molecule has 0 saturated heterocycles. The fraction of sp³-hybridized carbons (Fsp3) is 0.750. The summed E-state index contributed by atoms with van der Waals surface area (Å²) in [6, 6.07) is -0.0450. The lowest BCUT2D eigenvalue weighted by Crippen LogP contribution is -2.25. The molecule has 0 saturated carbocycles. The van der Waals surface area contributed by atoms with Gasteiger partial charge in [-0.1, -0.05) is 13.8 Å². The van der Waals surface area contributed by atoms with Gasteiger partial charge in [0, 0.05) is 20.6 Å². The van der Waals surface area contributed by atoms with Crippen molar-refractivity contribution in [2.24, 2.45) is 0 Å². The van der Waals surface area contributed by atoms with Gasteiger partial charge in [-0.2, -0.15) is 15.0 Å². The number of hydrogen-bond acceptors (Lipinski definition) is 7. The van der Waals surface area contributed by atoms with Crippen LogP contribution in [0, 0.1) is 0 Å². The smallest absolute Gasteiger partial charge is 0.231 e. The SMILES string of the molecule is CCCNc1nc(NC(CC)CO)nc(N(C)C)n1. The molecule has 0 bridgehead atoms. The molecular weight excluding hydrogens is 244 g/mol. The quantitative estimate of drug-likeness (QED) is 0.647. The van der Waals surface area contributed by atoms with Crippen LogP contribution >= 0.6 is 0 Å². The number of aliphatic hydroxyl groups excluding tert-OH is 1. The summed E-state index contributed by atoms with van der Waals surface area (Å²) in [6.45, 7) is 4.95. The number of rotatable bonds is 8. The van der Waals surface area contributed by atoms with E-state index in [1.54, 1.807) is 0 Å². The van der Waals surface area contributed by atoms with Gasteiger partial charge in [0.1, 0.15) is 0 Å². The maximum absolute atomic E-state index is 9.22. The van der Waals surface area contributed by atoms with E-state index in [0.29, 0.717) is 17.8 Å². The minimum absolute atomic E-state index is 0.0450. The van der Waals surface area contributed by atoms with Crippen LogP contribution in [0.15, 0.2) is 0 Å². The zero-order chi connectivity index (χ0) is 14.3. The van der Waals surface area contributed by atoms with Crippen LogP contribution in [0.3, 0.4) is 0 Å². The van der Waals surface area contributed by atoms with E-state index in [1.807, 2.05) is 25.9 Å². The van der Waals surface area contributed by atoms with Gasteiger partial charge in [0.15, 0.2) is 0 Å². The highest BCUT2D eigenvalue weighted by Gasteiger charge is 2.11. The highest BCUT2D eigenvalue weighted by Crippen LogP contribution is 2.12. The Morgan fingerprint density at radius 2 is 1.84 bits per heavy atom. The lowest BCUT2D eigenvalue weighted by molar-refractivity contribution is 0.271. The molecule has 0 aliphatic rings. The number of nitrogens with one attached hydrogen (secondary N) is 2. The van der Waals surface area contributed by atoms with E-state index in [-0.39, 0.29) is 12.6 Å². The maximum Gasteiger partial charge on any atom is 0.231 e. The Kier molecular flexibility index (Phi) is 6.27. The first-order valence-electron chi connectivity index (χ1n) is 6.65. The lowest BCUT2D eigenvalue weighted by atomic mass is 10.2. The Labute approximate surface area is 114 Å². The van der Waals surface area contributed by atoms with Crippen molar-refractivity contribution in [1.29, 1.82) is 0 Å². The van der Waals surface area contributed by atoms with Crippen molar-refractivity contribution in [3.05, 3.63) is 0 Å². The monoisotopic (exact) mass is 268 g/mol. The number of hydrogen-bond donors (Lipinski definition) is 3. The van der Waals surface area contributed by atoms with E-state index in [0.717, 1.165) is 19.4 Å². The van der Waals surface area contributed by atoms with Crippen molar-refractivity contribution < 1.29 is 5.11 Å². The third-order valence-electron chi connectivity index (χ3n) is 2.60. The van der Waals surface area contributed by atoms with Crippen LogP contribution in [0.5, 0.6) is 0 Å². The van der Waals surface area contributed by atoms with Gasteiger partial charge in [-0.15, -0.1) is 0 Å². The second-order valence-corrected chi connectivity index (χ2v) is 4.54. The van der Waals surface area contributed by atoms with E-state index >= 15 is 0 Å². The third-order valence-corrected chi connectivity index (χ3v) is 2.60. The Hall–Kier alpha value is -1.63. The van der Waals surface area contributed by atoms with Crippen molar-refractivity contribution in [3.8, 4) is 0 Å². The van der Waals surface area contributed by atoms with Crippen molar-refractivity contribution >= 4 is 17.8 Å². The minimum Gasteiger partial charge on any atom is -0.394 e. The van der Waals surface area contributed by atoms with Crippen LogP contribution in [0.25, 0.3) is 0 Å². The summed E-state index contributed by atoms with van der Waals surface area (Å²) in [5, 5.41) is 15.5. The Bertz CT molecular complexity index is 380. The molecule has 0 spiro atoms. The van der Waals surface area contributed by atoms with Crippen molar-refractivity contribution in [2.45, 2.75) is 32.7 Å². The number of aliphatic hydroxyl groups is 1. The summed E-state index contributed by atoms with van der Waals surface area (Å²) in [7, 11) is 3.76. The van der Waals surface area contributed by atoms with Crippen LogP contribution in [0.1, 0.15) is 26.7 Å². The number of aromatic nitrogens is 3. The zero-order valence-electron chi connectivity index (χ0n) is 12.1. The van der Waals surface area contributed by atoms with E-state index in [4.69, 9.17) is 0 Å². The molecular formula is C12H24N6O. The Morgan fingerprint density at radius 3 is 2.37 bits per heavy atom. The van der Waals surface area contributed by atoms with Crippen LogP contribution in [-0.4, -0.2) is 53.3 Å². The summed E-state index contributed by atoms with van der Waals surface area (Å²) in [5.41, 5.74) is 0. The van der Waals surface area contributed by atoms with Crippen molar-refractivity contribution in [3.63, 3.8) is 0 Å². The van der Waals surface area contributed by atoms with Gasteiger partial charge in [-0.3, -0.25) is 0 Å². The van der Waals surface area contributed by atoms with Gasteiger partial charge < -0.3 is 20.6 Å². The normalized spacial score (nSPS) is 12.1. The highest BCUT2D eigenvalue weighted by molar-refractivity contribution is 5.43. The summed E-state index contributed by atoms with van der Waals surface area (Å²) in [6.07, 6.45) is 1.80. The fourth-order valence-corrected chi connectivity index (χ4v) is 1.40. The second-order valence-electron chi connectivity index (χ2n) is 4.54. The standard InChI is InChI=1S/C12H24N6O/c1-5-7-13-10-15-11(14-9(6-2)8-19)17-12(16-10)18(3)4/h9,19H,5-8H2,1-4H3,(H2,13,14,15,16,17). The predicted octanol–water partition coefficient (Wildman–Crippen LogP) is 0.942.